The highest BCUT2D eigenvalue weighted by atomic mass is 79.9. The number of aryl methyl sites for hydroxylation is 1. The summed E-state index contributed by atoms with van der Waals surface area (Å²) in [4.78, 5) is 25.7. The first kappa shape index (κ1) is 18.0. The zero-order valence-corrected chi connectivity index (χ0v) is 15.4. The molecule has 0 aliphatic rings. The average Bonchev–Trinajstić information content (AvgIpc) is 2.55. The van der Waals surface area contributed by atoms with Crippen LogP contribution in [0.15, 0.2) is 46.9 Å². The summed E-state index contributed by atoms with van der Waals surface area (Å²) in [6, 6.07) is 12.7. The van der Waals surface area contributed by atoms with E-state index in [-0.39, 0.29) is 18.4 Å². The smallest absolute Gasteiger partial charge is 0.244 e. The minimum absolute atomic E-state index is 0.0805. The first-order chi connectivity index (χ1) is 11.4. The molecule has 6 heteroatoms. The van der Waals surface area contributed by atoms with Gasteiger partial charge >= 0.3 is 0 Å². The van der Waals surface area contributed by atoms with Gasteiger partial charge in [0.25, 0.3) is 0 Å². The van der Waals surface area contributed by atoms with Crippen molar-refractivity contribution in [3.63, 3.8) is 0 Å². The molecule has 0 aliphatic heterocycles. The summed E-state index contributed by atoms with van der Waals surface area (Å²) in [5.41, 5.74) is 2.29. The predicted molar refractivity (Wildman–Crippen MR) is 98.5 cm³/mol. The summed E-state index contributed by atoms with van der Waals surface area (Å²) in [5, 5.41) is 2.77. The van der Waals surface area contributed by atoms with E-state index in [1.54, 1.807) is 18.2 Å². The number of carbonyl (C=O) groups excluding carboxylic acids is 2. The number of anilines is 2. The highest BCUT2D eigenvalue weighted by Gasteiger charge is 2.17. The molecule has 2 amide bonds. The van der Waals surface area contributed by atoms with E-state index in [9.17, 15) is 9.59 Å². The SMILES string of the molecule is COc1ccccc1NC(=O)CN(C(C)=O)c1ccc(C)c(Br)c1. The second-order valence-corrected chi connectivity index (χ2v) is 6.14. The van der Waals surface area contributed by atoms with Crippen LogP contribution >= 0.6 is 15.9 Å². The summed E-state index contributed by atoms with van der Waals surface area (Å²) in [6.07, 6.45) is 0. The topological polar surface area (TPSA) is 58.6 Å². The van der Waals surface area contributed by atoms with Gasteiger partial charge in [0.15, 0.2) is 0 Å². The fourth-order valence-corrected chi connectivity index (χ4v) is 2.58. The van der Waals surface area contributed by atoms with E-state index in [2.05, 4.69) is 21.2 Å². The second-order valence-electron chi connectivity index (χ2n) is 5.29. The van der Waals surface area contributed by atoms with Crippen molar-refractivity contribution in [1.29, 1.82) is 0 Å². The van der Waals surface area contributed by atoms with Crippen molar-refractivity contribution in [1.82, 2.24) is 0 Å². The van der Waals surface area contributed by atoms with E-state index < -0.39 is 0 Å². The van der Waals surface area contributed by atoms with Crippen LogP contribution < -0.4 is 15.0 Å². The Morgan fingerprint density at radius 2 is 1.92 bits per heavy atom. The number of para-hydroxylation sites is 2. The third kappa shape index (κ3) is 4.35. The first-order valence-corrected chi connectivity index (χ1v) is 8.18. The van der Waals surface area contributed by atoms with Crippen LogP contribution in [-0.4, -0.2) is 25.5 Å². The van der Waals surface area contributed by atoms with Crippen LogP contribution in [-0.2, 0) is 9.59 Å². The quantitative estimate of drug-likeness (QED) is 0.845. The van der Waals surface area contributed by atoms with Crippen molar-refractivity contribution in [3.05, 3.63) is 52.5 Å². The lowest BCUT2D eigenvalue weighted by Gasteiger charge is -2.21. The molecule has 1 N–H and O–H groups in total. The van der Waals surface area contributed by atoms with Crippen LogP contribution in [0, 0.1) is 6.92 Å². The molecule has 0 aromatic heterocycles. The Hall–Kier alpha value is -2.34. The Labute approximate surface area is 149 Å². The molecule has 0 aliphatic carbocycles. The maximum absolute atomic E-state index is 12.3. The third-order valence-electron chi connectivity index (χ3n) is 3.53. The number of amides is 2. The molecule has 0 heterocycles. The third-order valence-corrected chi connectivity index (χ3v) is 4.38. The van der Waals surface area contributed by atoms with Gasteiger partial charge in [0, 0.05) is 17.1 Å². The van der Waals surface area contributed by atoms with Crippen LogP contribution in [0.5, 0.6) is 5.75 Å². The molecule has 0 radical (unpaired) electrons. The normalized spacial score (nSPS) is 10.2. The maximum Gasteiger partial charge on any atom is 0.244 e. The molecule has 0 spiro atoms. The Kier molecular flexibility index (Phi) is 5.98. The fraction of sp³-hybridized carbons (Fsp3) is 0.222. The lowest BCUT2D eigenvalue weighted by molar-refractivity contribution is -0.120. The molecule has 0 saturated heterocycles. The lowest BCUT2D eigenvalue weighted by Crippen LogP contribution is -2.36. The highest BCUT2D eigenvalue weighted by molar-refractivity contribution is 9.10. The molecule has 2 aromatic carbocycles. The number of halogens is 1. The Morgan fingerprint density at radius 3 is 2.54 bits per heavy atom. The zero-order chi connectivity index (χ0) is 17.7. The second kappa shape index (κ2) is 7.97. The standard InChI is InChI=1S/C18H19BrN2O3/c1-12-8-9-14(10-15(12)19)21(13(2)22)11-18(23)20-16-6-4-5-7-17(16)24-3/h4-10H,11H2,1-3H3,(H,20,23). The van der Waals surface area contributed by atoms with Crippen LogP contribution in [0.1, 0.15) is 12.5 Å². The zero-order valence-electron chi connectivity index (χ0n) is 13.8. The average molecular weight is 391 g/mol. The molecule has 0 bridgehead atoms. The molecule has 0 atom stereocenters. The molecular weight excluding hydrogens is 372 g/mol. The number of nitrogens with zero attached hydrogens (tertiary/aromatic N) is 1. The van der Waals surface area contributed by atoms with E-state index in [4.69, 9.17) is 4.74 Å². The van der Waals surface area contributed by atoms with E-state index in [1.165, 1.54) is 18.9 Å². The number of rotatable bonds is 5. The summed E-state index contributed by atoms with van der Waals surface area (Å²) >= 11 is 3.45. The summed E-state index contributed by atoms with van der Waals surface area (Å²) < 4.78 is 6.10. The molecule has 0 fully saturated rings. The molecule has 2 rings (SSSR count). The first-order valence-electron chi connectivity index (χ1n) is 7.39. The monoisotopic (exact) mass is 390 g/mol. The van der Waals surface area contributed by atoms with E-state index in [1.807, 2.05) is 31.2 Å². The minimum Gasteiger partial charge on any atom is -0.495 e. The predicted octanol–water partition coefficient (Wildman–Crippen LogP) is 3.76. The number of nitrogens with one attached hydrogen (secondary N) is 1. The van der Waals surface area contributed by atoms with Crippen LogP contribution in [0.25, 0.3) is 0 Å². The highest BCUT2D eigenvalue weighted by Crippen LogP contribution is 2.25. The van der Waals surface area contributed by atoms with Gasteiger partial charge in [-0.25, -0.2) is 0 Å². The van der Waals surface area contributed by atoms with E-state index >= 15 is 0 Å². The van der Waals surface area contributed by atoms with Gasteiger partial charge in [0.2, 0.25) is 11.8 Å². The summed E-state index contributed by atoms with van der Waals surface area (Å²) in [7, 11) is 1.54. The van der Waals surface area contributed by atoms with Crippen molar-refractivity contribution in [2.45, 2.75) is 13.8 Å². The van der Waals surface area contributed by atoms with Gasteiger partial charge in [-0.05, 0) is 36.8 Å². The van der Waals surface area contributed by atoms with Gasteiger partial charge in [0.05, 0.1) is 12.8 Å². The molecule has 5 nitrogen and oxygen atoms in total. The molecule has 0 saturated carbocycles. The molecule has 0 unspecified atom stereocenters. The number of benzene rings is 2. The summed E-state index contributed by atoms with van der Waals surface area (Å²) in [5.74, 6) is 0.0608. The van der Waals surface area contributed by atoms with Crippen molar-refractivity contribution < 1.29 is 14.3 Å². The van der Waals surface area contributed by atoms with Crippen LogP contribution in [0.3, 0.4) is 0 Å². The number of ether oxygens (including phenoxy) is 1. The number of carbonyl (C=O) groups is 2. The van der Waals surface area contributed by atoms with Crippen molar-refractivity contribution in [3.8, 4) is 5.75 Å². The summed E-state index contributed by atoms with van der Waals surface area (Å²) in [6.45, 7) is 3.31. The van der Waals surface area contributed by atoms with Crippen molar-refractivity contribution in [2.24, 2.45) is 0 Å². The van der Waals surface area contributed by atoms with Gasteiger partial charge in [-0.2, -0.15) is 0 Å². The van der Waals surface area contributed by atoms with Gasteiger partial charge in [0.1, 0.15) is 12.3 Å². The Balaban J connectivity index is 2.17. The Morgan fingerprint density at radius 1 is 1.21 bits per heavy atom. The minimum atomic E-state index is -0.300. The van der Waals surface area contributed by atoms with Gasteiger partial charge in [-0.3, -0.25) is 9.59 Å². The number of hydrogen-bond acceptors (Lipinski definition) is 3. The maximum atomic E-state index is 12.3. The van der Waals surface area contributed by atoms with Crippen molar-refractivity contribution in [2.75, 3.05) is 23.9 Å². The van der Waals surface area contributed by atoms with E-state index in [0.717, 1.165) is 10.0 Å². The molecular formula is C18H19BrN2O3. The number of methoxy groups -OCH3 is 1. The van der Waals surface area contributed by atoms with Crippen LogP contribution in [0.2, 0.25) is 0 Å². The van der Waals surface area contributed by atoms with Crippen LogP contribution in [0.4, 0.5) is 11.4 Å². The van der Waals surface area contributed by atoms with Crippen molar-refractivity contribution >= 4 is 39.1 Å². The number of hydrogen-bond donors (Lipinski definition) is 1. The molecule has 126 valence electrons. The van der Waals surface area contributed by atoms with Gasteiger partial charge in [-0.1, -0.05) is 34.1 Å². The van der Waals surface area contributed by atoms with Gasteiger partial charge < -0.3 is 15.0 Å². The fourth-order valence-electron chi connectivity index (χ4n) is 2.22. The molecule has 2 aromatic rings. The lowest BCUT2D eigenvalue weighted by atomic mass is 10.2. The van der Waals surface area contributed by atoms with Gasteiger partial charge in [-0.15, -0.1) is 0 Å². The van der Waals surface area contributed by atoms with E-state index in [0.29, 0.717) is 17.1 Å². The Bertz CT molecular complexity index is 762. The molecule has 24 heavy (non-hydrogen) atoms. The largest absolute Gasteiger partial charge is 0.495 e.